The molecule has 3 nitrogen and oxygen atoms in total. The van der Waals surface area contributed by atoms with Crippen molar-refractivity contribution in [2.75, 3.05) is 11.9 Å². The smallest absolute Gasteiger partial charge is 0.314 e. The highest BCUT2D eigenvalue weighted by atomic mass is 16.2. The average molecular weight is 256 g/mol. The summed E-state index contributed by atoms with van der Waals surface area (Å²) in [5, 5.41) is 3.09. The van der Waals surface area contributed by atoms with E-state index in [0.717, 1.165) is 18.7 Å². The SMILES string of the molecule is CC[C@@H]1C=CCN1C(=O)Nc1ccccc1C1CC1. The van der Waals surface area contributed by atoms with Crippen molar-refractivity contribution >= 4 is 11.7 Å². The third-order valence-electron chi connectivity index (χ3n) is 3.96. The van der Waals surface area contributed by atoms with E-state index in [0.29, 0.717) is 5.92 Å². The molecule has 1 aliphatic carbocycles. The molecule has 1 aromatic carbocycles. The van der Waals surface area contributed by atoms with Crippen LogP contribution in [0.25, 0.3) is 0 Å². The van der Waals surface area contributed by atoms with E-state index >= 15 is 0 Å². The number of hydrogen-bond donors (Lipinski definition) is 1. The molecule has 0 aromatic heterocycles. The van der Waals surface area contributed by atoms with Crippen LogP contribution in [0.1, 0.15) is 37.7 Å². The second-order valence-corrected chi connectivity index (χ2v) is 5.35. The van der Waals surface area contributed by atoms with Gasteiger partial charge in [-0.3, -0.25) is 0 Å². The molecule has 1 heterocycles. The number of anilines is 1. The summed E-state index contributed by atoms with van der Waals surface area (Å²) in [7, 11) is 0. The van der Waals surface area contributed by atoms with Gasteiger partial charge in [0.2, 0.25) is 0 Å². The van der Waals surface area contributed by atoms with Crippen molar-refractivity contribution < 1.29 is 4.79 Å². The molecule has 1 saturated carbocycles. The lowest BCUT2D eigenvalue weighted by molar-refractivity contribution is 0.209. The number of benzene rings is 1. The number of carbonyl (C=O) groups excluding carboxylic acids is 1. The fourth-order valence-corrected chi connectivity index (χ4v) is 2.71. The standard InChI is InChI=1S/C16H20N2O/c1-2-13-6-5-11-18(13)16(19)17-15-8-4-3-7-14(15)12-9-10-12/h3-8,12-13H,2,9-11H2,1H3,(H,17,19)/t13-/m1/s1. The minimum atomic E-state index is 0.0185. The van der Waals surface area contributed by atoms with Gasteiger partial charge < -0.3 is 10.2 Å². The van der Waals surface area contributed by atoms with Crippen LogP contribution < -0.4 is 5.32 Å². The van der Waals surface area contributed by atoms with Crippen molar-refractivity contribution in [1.29, 1.82) is 0 Å². The van der Waals surface area contributed by atoms with Gasteiger partial charge in [0.05, 0.1) is 6.04 Å². The van der Waals surface area contributed by atoms with Crippen molar-refractivity contribution in [1.82, 2.24) is 4.90 Å². The summed E-state index contributed by atoms with van der Waals surface area (Å²) in [6.45, 7) is 2.83. The molecule has 2 aliphatic rings. The average Bonchev–Trinajstić information content (AvgIpc) is 3.16. The monoisotopic (exact) mass is 256 g/mol. The lowest BCUT2D eigenvalue weighted by Crippen LogP contribution is -2.39. The number of carbonyl (C=O) groups is 1. The number of nitrogens with zero attached hydrogens (tertiary/aromatic N) is 1. The van der Waals surface area contributed by atoms with Gasteiger partial charge in [-0.1, -0.05) is 37.3 Å². The number of rotatable bonds is 3. The van der Waals surface area contributed by atoms with Crippen LogP contribution in [-0.2, 0) is 0 Å². The molecule has 2 amide bonds. The zero-order chi connectivity index (χ0) is 13.2. The number of urea groups is 1. The Balaban J connectivity index is 1.73. The fraction of sp³-hybridized carbons (Fsp3) is 0.438. The van der Waals surface area contributed by atoms with Gasteiger partial charge in [-0.25, -0.2) is 4.79 Å². The van der Waals surface area contributed by atoms with Crippen molar-refractivity contribution in [2.45, 2.75) is 38.1 Å². The van der Waals surface area contributed by atoms with E-state index in [1.54, 1.807) is 0 Å². The first-order valence-corrected chi connectivity index (χ1v) is 7.12. The Bertz CT molecular complexity index is 505. The lowest BCUT2D eigenvalue weighted by Gasteiger charge is -2.24. The van der Waals surface area contributed by atoms with Gasteiger partial charge in [-0.2, -0.15) is 0 Å². The lowest BCUT2D eigenvalue weighted by atomic mass is 10.1. The van der Waals surface area contributed by atoms with Gasteiger partial charge in [0.1, 0.15) is 0 Å². The quantitative estimate of drug-likeness (QED) is 0.821. The summed E-state index contributed by atoms with van der Waals surface area (Å²) >= 11 is 0. The second-order valence-electron chi connectivity index (χ2n) is 5.35. The Morgan fingerprint density at radius 2 is 2.16 bits per heavy atom. The molecule has 1 aromatic rings. The van der Waals surface area contributed by atoms with Gasteiger partial charge in [0.25, 0.3) is 0 Å². The van der Waals surface area contributed by atoms with Gasteiger partial charge in [0.15, 0.2) is 0 Å². The zero-order valence-electron chi connectivity index (χ0n) is 11.3. The molecule has 0 radical (unpaired) electrons. The van der Waals surface area contributed by atoms with E-state index in [4.69, 9.17) is 0 Å². The maximum absolute atomic E-state index is 12.4. The van der Waals surface area contributed by atoms with Crippen LogP contribution >= 0.6 is 0 Å². The maximum atomic E-state index is 12.4. The first-order chi connectivity index (χ1) is 9.29. The largest absolute Gasteiger partial charge is 0.322 e. The highest BCUT2D eigenvalue weighted by Gasteiger charge is 2.28. The molecule has 19 heavy (non-hydrogen) atoms. The summed E-state index contributed by atoms with van der Waals surface area (Å²) in [6, 6.07) is 8.44. The molecule has 0 spiro atoms. The molecule has 0 unspecified atom stereocenters. The first-order valence-electron chi connectivity index (χ1n) is 7.12. The van der Waals surface area contributed by atoms with E-state index in [9.17, 15) is 4.79 Å². The third-order valence-corrected chi connectivity index (χ3v) is 3.96. The normalized spacial score (nSPS) is 21.7. The van der Waals surface area contributed by atoms with E-state index < -0.39 is 0 Å². The number of nitrogens with one attached hydrogen (secondary N) is 1. The Labute approximate surface area is 114 Å². The van der Waals surface area contributed by atoms with Crippen molar-refractivity contribution in [3.05, 3.63) is 42.0 Å². The molecular weight excluding hydrogens is 236 g/mol. The molecular formula is C16H20N2O. The molecule has 1 aliphatic heterocycles. The van der Waals surface area contributed by atoms with Crippen LogP contribution in [0.5, 0.6) is 0 Å². The molecule has 3 rings (SSSR count). The van der Waals surface area contributed by atoms with Crippen LogP contribution in [0.2, 0.25) is 0 Å². The van der Waals surface area contributed by atoms with E-state index in [1.165, 1.54) is 18.4 Å². The fourth-order valence-electron chi connectivity index (χ4n) is 2.71. The number of amides is 2. The van der Waals surface area contributed by atoms with Gasteiger partial charge in [-0.15, -0.1) is 0 Å². The predicted molar refractivity (Wildman–Crippen MR) is 77.4 cm³/mol. The van der Waals surface area contributed by atoms with Gasteiger partial charge in [0, 0.05) is 12.2 Å². The summed E-state index contributed by atoms with van der Waals surface area (Å²) in [4.78, 5) is 14.2. The molecule has 1 fully saturated rings. The molecule has 0 bridgehead atoms. The zero-order valence-corrected chi connectivity index (χ0v) is 11.3. The predicted octanol–water partition coefficient (Wildman–Crippen LogP) is 3.75. The Hall–Kier alpha value is -1.77. The van der Waals surface area contributed by atoms with E-state index in [1.807, 2.05) is 17.0 Å². The third kappa shape index (κ3) is 2.50. The minimum Gasteiger partial charge on any atom is -0.314 e. The molecule has 100 valence electrons. The van der Waals surface area contributed by atoms with Crippen LogP contribution in [0, 0.1) is 0 Å². The highest BCUT2D eigenvalue weighted by molar-refractivity contribution is 5.91. The van der Waals surface area contributed by atoms with Crippen LogP contribution in [0.4, 0.5) is 10.5 Å². The van der Waals surface area contributed by atoms with Crippen molar-refractivity contribution in [2.24, 2.45) is 0 Å². The van der Waals surface area contributed by atoms with E-state index in [-0.39, 0.29) is 12.1 Å². The summed E-state index contributed by atoms with van der Waals surface area (Å²) in [5.41, 5.74) is 2.27. The Kier molecular flexibility index (Phi) is 3.28. The molecule has 0 saturated heterocycles. The summed E-state index contributed by atoms with van der Waals surface area (Å²) in [5.74, 6) is 0.648. The minimum absolute atomic E-state index is 0.0185. The summed E-state index contributed by atoms with van der Waals surface area (Å²) < 4.78 is 0. The van der Waals surface area contributed by atoms with Crippen molar-refractivity contribution in [3.8, 4) is 0 Å². The maximum Gasteiger partial charge on any atom is 0.322 e. The summed E-state index contributed by atoms with van der Waals surface area (Å²) in [6.07, 6.45) is 7.65. The van der Waals surface area contributed by atoms with Gasteiger partial charge >= 0.3 is 6.03 Å². The van der Waals surface area contributed by atoms with Crippen LogP contribution in [0.15, 0.2) is 36.4 Å². The number of para-hydroxylation sites is 1. The Morgan fingerprint density at radius 1 is 1.37 bits per heavy atom. The second kappa shape index (κ2) is 5.08. The molecule has 1 N–H and O–H groups in total. The number of hydrogen-bond acceptors (Lipinski definition) is 1. The first kappa shape index (κ1) is 12.3. The van der Waals surface area contributed by atoms with Crippen LogP contribution in [0.3, 0.4) is 0 Å². The molecule has 3 heteroatoms. The Morgan fingerprint density at radius 3 is 2.89 bits per heavy atom. The topological polar surface area (TPSA) is 32.3 Å². The van der Waals surface area contributed by atoms with E-state index in [2.05, 4.69) is 36.5 Å². The highest BCUT2D eigenvalue weighted by Crippen LogP contribution is 2.43. The van der Waals surface area contributed by atoms with Gasteiger partial charge in [-0.05, 0) is 36.8 Å². The van der Waals surface area contributed by atoms with Crippen LogP contribution in [-0.4, -0.2) is 23.5 Å². The van der Waals surface area contributed by atoms with Crippen molar-refractivity contribution in [3.63, 3.8) is 0 Å². The molecule has 1 atom stereocenters.